The van der Waals surface area contributed by atoms with Gasteiger partial charge in [-0.3, -0.25) is 0 Å². The molecule has 2 aliphatic heterocycles. The summed E-state index contributed by atoms with van der Waals surface area (Å²) in [5.41, 5.74) is 3.83. The lowest BCUT2D eigenvalue weighted by Crippen LogP contribution is -2.44. The highest BCUT2D eigenvalue weighted by atomic mass is 32.1. The number of pyridine rings is 1. The summed E-state index contributed by atoms with van der Waals surface area (Å²) in [7, 11) is 2.16. The van der Waals surface area contributed by atoms with Gasteiger partial charge in [0.1, 0.15) is 11.5 Å². The van der Waals surface area contributed by atoms with E-state index in [1.807, 2.05) is 17.4 Å². The Hall–Kier alpha value is -3.07. The Morgan fingerprint density at radius 2 is 1.94 bits per heavy atom. The van der Waals surface area contributed by atoms with Crippen molar-refractivity contribution in [2.45, 2.75) is 19.5 Å². The van der Waals surface area contributed by atoms with E-state index in [0.29, 0.717) is 11.9 Å². The van der Waals surface area contributed by atoms with Crippen molar-refractivity contribution in [1.29, 1.82) is 0 Å². The molecule has 6 rings (SSSR count). The number of anilines is 2. The number of benzene rings is 1. The fourth-order valence-corrected chi connectivity index (χ4v) is 5.90. The van der Waals surface area contributed by atoms with Crippen molar-refractivity contribution in [1.82, 2.24) is 25.2 Å². The van der Waals surface area contributed by atoms with Crippen LogP contribution in [0.15, 0.2) is 36.9 Å². The summed E-state index contributed by atoms with van der Waals surface area (Å²) in [5, 5.41) is 9.70. The lowest BCUT2D eigenvalue weighted by molar-refractivity contribution is 0.312. The highest BCUT2D eigenvalue weighted by Crippen LogP contribution is 2.41. The normalized spacial score (nSPS) is 19.1. The molecule has 2 aliphatic rings. The van der Waals surface area contributed by atoms with Crippen LogP contribution in [-0.4, -0.2) is 65.7 Å². The van der Waals surface area contributed by atoms with Gasteiger partial charge in [0.2, 0.25) is 0 Å². The minimum atomic E-state index is 0.443. The van der Waals surface area contributed by atoms with Crippen LogP contribution in [0.2, 0.25) is 0 Å². The summed E-state index contributed by atoms with van der Waals surface area (Å²) in [6, 6.07) is 11.0. The Morgan fingerprint density at radius 3 is 2.76 bits per heavy atom. The molecule has 5 heterocycles. The van der Waals surface area contributed by atoms with Crippen molar-refractivity contribution in [3.8, 4) is 11.5 Å². The molecule has 0 bridgehead atoms. The molecule has 34 heavy (non-hydrogen) atoms. The Bertz CT molecular complexity index is 1390. The second-order valence-corrected chi connectivity index (χ2v) is 10.4. The van der Waals surface area contributed by atoms with E-state index in [1.165, 1.54) is 26.0 Å². The van der Waals surface area contributed by atoms with Gasteiger partial charge in [0.25, 0.3) is 0 Å². The minimum absolute atomic E-state index is 0.443. The Morgan fingerprint density at radius 1 is 1.09 bits per heavy atom. The van der Waals surface area contributed by atoms with Crippen LogP contribution >= 0.6 is 11.3 Å². The van der Waals surface area contributed by atoms with Crippen LogP contribution < -0.4 is 15.5 Å². The van der Waals surface area contributed by atoms with Gasteiger partial charge >= 0.3 is 0 Å². The third-order valence-corrected chi connectivity index (χ3v) is 7.94. The number of rotatable bonds is 3. The molecule has 0 spiro atoms. The van der Waals surface area contributed by atoms with Gasteiger partial charge in [-0.05, 0) is 44.3 Å². The standard InChI is InChI=1S/C26H29N7S/c1-4-17-13-23(33-11-9-32(3)10-12-33)31-26(29-17)20-6-5-18-19(30-20)7-8-21-24(18)25-22(34-21)15-27-16(2)14-28-25/h4-8,13,16,27-28H,1,9-12,14-15H2,2-3H3/t16-/m1/s1. The maximum Gasteiger partial charge on any atom is 0.180 e. The second kappa shape index (κ2) is 8.61. The first-order chi connectivity index (χ1) is 16.6. The molecule has 174 valence electrons. The quantitative estimate of drug-likeness (QED) is 0.464. The summed E-state index contributed by atoms with van der Waals surface area (Å²) in [6.07, 6.45) is 1.79. The summed E-state index contributed by atoms with van der Waals surface area (Å²) in [6.45, 7) is 11.9. The monoisotopic (exact) mass is 471 g/mol. The highest BCUT2D eigenvalue weighted by molar-refractivity contribution is 7.20. The van der Waals surface area contributed by atoms with Gasteiger partial charge in [-0.25, -0.2) is 15.0 Å². The van der Waals surface area contributed by atoms with E-state index in [4.69, 9.17) is 15.0 Å². The van der Waals surface area contributed by atoms with Crippen LogP contribution in [0.4, 0.5) is 11.5 Å². The summed E-state index contributed by atoms with van der Waals surface area (Å²) < 4.78 is 1.29. The zero-order chi connectivity index (χ0) is 23.2. The number of likely N-dealkylation sites (N-methyl/N-ethyl adjacent to an activating group) is 1. The molecule has 0 unspecified atom stereocenters. The topological polar surface area (TPSA) is 69.2 Å². The van der Waals surface area contributed by atoms with E-state index in [9.17, 15) is 0 Å². The Balaban J connectivity index is 1.43. The first-order valence-corrected chi connectivity index (χ1v) is 12.7. The smallest absolute Gasteiger partial charge is 0.180 e. The predicted octanol–water partition coefficient (Wildman–Crippen LogP) is 4.20. The average molecular weight is 472 g/mol. The zero-order valence-electron chi connectivity index (χ0n) is 19.6. The molecule has 0 amide bonds. The molecule has 3 aromatic heterocycles. The van der Waals surface area contributed by atoms with Crippen molar-refractivity contribution < 1.29 is 0 Å². The fraction of sp³-hybridized carbons (Fsp3) is 0.346. The molecule has 8 heteroatoms. The van der Waals surface area contributed by atoms with E-state index in [2.05, 4.69) is 65.2 Å². The van der Waals surface area contributed by atoms with Gasteiger partial charge < -0.3 is 20.4 Å². The lowest BCUT2D eigenvalue weighted by atomic mass is 10.1. The van der Waals surface area contributed by atoms with Crippen LogP contribution in [-0.2, 0) is 6.54 Å². The van der Waals surface area contributed by atoms with Crippen molar-refractivity contribution in [3.63, 3.8) is 0 Å². The van der Waals surface area contributed by atoms with Gasteiger partial charge in [0.15, 0.2) is 5.82 Å². The molecule has 4 aromatic rings. The fourth-order valence-electron chi connectivity index (χ4n) is 4.75. The van der Waals surface area contributed by atoms with E-state index in [0.717, 1.165) is 62.0 Å². The molecule has 7 nitrogen and oxygen atoms in total. The maximum absolute atomic E-state index is 5.01. The number of hydrogen-bond donors (Lipinski definition) is 2. The van der Waals surface area contributed by atoms with Crippen LogP contribution in [0, 0.1) is 0 Å². The predicted molar refractivity (Wildman–Crippen MR) is 143 cm³/mol. The minimum Gasteiger partial charge on any atom is -0.382 e. The number of fused-ring (bicyclic) bond motifs is 5. The summed E-state index contributed by atoms with van der Waals surface area (Å²) in [4.78, 5) is 20.7. The molecule has 1 atom stereocenters. The van der Waals surface area contributed by atoms with E-state index in [-0.39, 0.29) is 0 Å². The molecule has 1 aromatic carbocycles. The lowest BCUT2D eigenvalue weighted by Gasteiger charge is -2.33. The largest absolute Gasteiger partial charge is 0.382 e. The summed E-state index contributed by atoms with van der Waals surface area (Å²) >= 11 is 1.86. The van der Waals surface area contributed by atoms with E-state index in [1.54, 1.807) is 6.08 Å². The molecular weight excluding hydrogens is 442 g/mol. The number of aromatic nitrogens is 3. The van der Waals surface area contributed by atoms with Gasteiger partial charge in [0.05, 0.1) is 16.9 Å². The Kier molecular flexibility index (Phi) is 5.44. The van der Waals surface area contributed by atoms with Crippen molar-refractivity contribution in [3.05, 3.63) is 47.5 Å². The first kappa shape index (κ1) is 21.5. The number of nitrogens with zero attached hydrogens (tertiary/aromatic N) is 5. The van der Waals surface area contributed by atoms with Gasteiger partial charge in [-0.15, -0.1) is 11.3 Å². The van der Waals surface area contributed by atoms with E-state index < -0.39 is 0 Å². The molecule has 0 aliphatic carbocycles. The highest BCUT2D eigenvalue weighted by Gasteiger charge is 2.21. The third kappa shape index (κ3) is 3.81. The number of nitrogens with one attached hydrogen (secondary N) is 2. The maximum atomic E-state index is 5.01. The van der Waals surface area contributed by atoms with Crippen molar-refractivity contribution in [2.24, 2.45) is 0 Å². The molecular formula is C26H29N7S. The number of hydrogen-bond acceptors (Lipinski definition) is 8. The average Bonchev–Trinajstić information content (AvgIpc) is 3.13. The number of piperazine rings is 1. The number of thiophene rings is 1. The zero-order valence-corrected chi connectivity index (χ0v) is 20.5. The van der Waals surface area contributed by atoms with Gasteiger partial charge in [0, 0.05) is 71.7 Å². The third-order valence-electron chi connectivity index (χ3n) is 6.79. The molecule has 2 N–H and O–H groups in total. The van der Waals surface area contributed by atoms with Crippen LogP contribution in [0.3, 0.4) is 0 Å². The molecule has 0 saturated carbocycles. The molecule has 0 radical (unpaired) electrons. The van der Waals surface area contributed by atoms with Crippen LogP contribution in [0.1, 0.15) is 17.5 Å². The van der Waals surface area contributed by atoms with E-state index >= 15 is 0 Å². The molecule has 1 fully saturated rings. The second-order valence-electron chi connectivity index (χ2n) is 9.23. The molecule has 1 saturated heterocycles. The first-order valence-electron chi connectivity index (χ1n) is 11.9. The van der Waals surface area contributed by atoms with Crippen LogP contribution in [0.25, 0.3) is 38.6 Å². The van der Waals surface area contributed by atoms with Crippen molar-refractivity contribution >= 4 is 49.9 Å². The Labute approximate surface area is 203 Å². The summed E-state index contributed by atoms with van der Waals surface area (Å²) in [5.74, 6) is 1.59. The SMILES string of the molecule is C=Cc1cc(N2CCN(C)CC2)nc(-c2ccc3c(ccc4sc5c(c43)NC[C@@H](C)NC5)n2)n1. The van der Waals surface area contributed by atoms with Crippen LogP contribution in [0.5, 0.6) is 0 Å². The van der Waals surface area contributed by atoms with Gasteiger partial charge in [-0.2, -0.15) is 0 Å². The van der Waals surface area contributed by atoms with Crippen molar-refractivity contribution in [2.75, 3.05) is 50.0 Å². The van der Waals surface area contributed by atoms with Gasteiger partial charge in [-0.1, -0.05) is 6.58 Å².